The van der Waals surface area contributed by atoms with Crippen LogP contribution in [0.2, 0.25) is 0 Å². The number of hydrogen-bond acceptors (Lipinski definition) is 4. The summed E-state index contributed by atoms with van der Waals surface area (Å²) >= 11 is 0. The number of piperidine rings is 1. The van der Waals surface area contributed by atoms with E-state index in [1.165, 1.54) is 0 Å². The van der Waals surface area contributed by atoms with Crippen LogP contribution in [0.3, 0.4) is 0 Å². The summed E-state index contributed by atoms with van der Waals surface area (Å²) in [7, 11) is 0. The lowest BCUT2D eigenvalue weighted by Crippen LogP contribution is -2.51. The SMILES string of the molecule is CCOC1CCN(C(=O)NC2COCC2C(=O)O)CC1. The predicted molar refractivity (Wildman–Crippen MR) is 70.5 cm³/mol. The van der Waals surface area contributed by atoms with Gasteiger partial charge in [0, 0.05) is 19.7 Å². The third-order valence-electron chi connectivity index (χ3n) is 3.84. The van der Waals surface area contributed by atoms with E-state index in [1.54, 1.807) is 4.90 Å². The number of amides is 2. The first kappa shape index (κ1) is 15.1. The fourth-order valence-electron chi connectivity index (χ4n) is 2.65. The molecule has 0 saturated carbocycles. The topological polar surface area (TPSA) is 88.1 Å². The highest BCUT2D eigenvalue weighted by Crippen LogP contribution is 2.17. The van der Waals surface area contributed by atoms with Crippen molar-refractivity contribution >= 4 is 12.0 Å². The summed E-state index contributed by atoms with van der Waals surface area (Å²) in [6, 6.07) is -0.647. The summed E-state index contributed by atoms with van der Waals surface area (Å²) in [6.07, 6.45) is 1.88. The third-order valence-corrected chi connectivity index (χ3v) is 3.84. The van der Waals surface area contributed by atoms with Gasteiger partial charge in [0.15, 0.2) is 0 Å². The van der Waals surface area contributed by atoms with Crippen LogP contribution in [0.25, 0.3) is 0 Å². The first-order valence-corrected chi connectivity index (χ1v) is 7.09. The molecule has 2 atom stereocenters. The zero-order valence-electron chi connectivity index (χ0n) is 11.7. The van der Waals surface area contributed by atoms with Crippen molar-refractivity contribution in [3.8, 4) is 0 Å². The van der Waals surface area contributed by atoms with Gasteiger partial charge in [-0.25, -0.2) is 4.79 Å². The fraction of sp³-hybridized carbons (Fsp3) is 0.846. The number of rotatable bonds is 4. The molecular formula is C13H22N2O5. The zero-order chi connectivity index (χ0) is 14.5. The van der Waals surface area contributed by atoms with Gasteiger partial charge in [0.2, 0.25) is 0 Å². The van der Waals surface area contributed by atoms with Crippen molar-refractivity contribution in [2.75, 3.05) is 32.9 Å². The van der Waals surface area contributed by atoms with Gasteiger partial charge in [-0.15, -0.1) is 0 Å². The highest BCUT2D eigenvalue weighted by molar-refractivity contribution is 5.77. The summed E-state index contributed by atoms with van der Waals surface area (Å²) in [5.41, 5.74) is 0. The van der Waals surface area contributed by atoms with Gasteiger partial charge in [0.05, 0.1) is 25.4 Å². The maximum Gasteiger partial charge on any atom is 0.317 e. The molecule has 0 aromatic rings. The largest absolute Gasteiger partial charge is 0.481 e. The highest BCUT2D eigenvalue weighted by Gasteiger charge is 2.36. The molecule has 2 N–H and O–H groups in total. The second-order valence-corrected chi connectivity index (χ2v) is 5.18. The quantitative estimate of drug-likeness (QED) is 0.776. The molecule has 7 nitrogen and oxygen atoms in total. The predicted octanol–water partition coefficient (Wildman–Crippen LogP) is 0.297. The number of carbonyl (C=O) groups is 2. The maximum atomic E-state index is 12.1. The number of aliphatic carboxylic acids is 1. The summed E-state index contributed by atoms with van der Waals surface area (Å²) in [4.78, 5) is 24.9. The van der Waals surface area contributed by atoms with Crippen LogP contribution < -0.4 is 5.32 Å². The lowest BCUT2D eigenvalue weighted by atomic mass is 10.0. The Morgan fingerprint density at radius 1 is 1.35 bits per heavy atom. The number of carboxylic acids is 1. The van der Waals surface area contributed by atoms with E-state index in [2.05, 4.69) is 5.32 Å². The second kappa shape index (κ2) is 6.90. The molecule has 2 rings (SSSR count). The molecule has 2 heterocycles. The van der Waals surface area contributed by atoms with E-state index in [-0.39, 0.29) is 25.3 Å². The molecule has 114 valence electrons. The van der Waals surface area contributed by atoms with Crippen LogP contribution in [0, 0.1) is 5.92 Å². The number of likely N-dealkylation sites (tertiary alicyclic amines) is 1. The summed E-state index contributed by atoms with van der Waals surface area (Å²) < 4.78 is 10.7. The third kappa shape index (κ3) is 3.61. The molecule has 2 fully saturated rings. The van der Waals surface area contributed by atoms with Gasteiger partial charge in [-0.05, 0) is 19.8 Å². The zero-order valence-corrected chi connectivity index (χ0v) is 11.7. The Morgan fingerprint density at radius 2 is 2.05 bits per heavy atom. The number of nitrogens with zero attached hydrogens (tertiary/aromatic N) is 1. The minimum atomic E-state index is -0.928. The van der Waals surface area contributed by atoms with E-state index in [4.69, 9.17) is 14.6 Å². The standard InChI is InChI=1S/C13H22N2O5/c1-2-20-9-3-5-15(6-4-9)13(18)14-11-8-19-7-10(11)12(16)17/h9-11H,2-8H2,1H3,(H,14,18)(H,16,17). The molecular weight excluding hydrogens is 264 g/mol. The van der Waals surface area contributed by atoms with Crippen molar-refractivity contribution < 1.29 is 24.2 Å². The van der Waals surface area contributed by atoms with Crippen molar-refractivity contribution in [1.29, 1.82) is 0 Å². The number of carboxylic acid groups (broad SMARTS) is 1. The Labute approximate surface area is 118 Å². The van der Waals surface area contributed by atoms with E-state index >= 15 is 0 Å². The number of ether oxygens (including phenoxy) is 2. The molecule has 0 aliphatic carbocycles. The van der Waals surface area contributed by atoms with Crippen LogP contribution in [0.4, 0.5) is 4.79 Å². The lowest BCUT2D eigenvalue weighted by Gasteiger charge is -2.32. The molecule has 0 radical (unpaired) electrons. The molecule has 2 aliphatic heterocycles. The van der Waals surface area contributed by atoms with E-state index in [1.807, 2.05) is 6.92 Å². The molecule has 0 spiro atoms. The first-order chi connectivity index (χ1) is 9.61. The van der Waals surface area contributed by atoms with Crippen molar-refractivity contribution in [3.63, 3.8) is 0 Å². The maximum absolute atomic E-state index is 12.1. The summed E-state index contributed by atoms with van der Waals surface area (Å²) in [6.45, 7) is 4.36. The molecule has 2 unspecified atom stereocenters. The van der Waals surface area contributed by atoms with Gasteiger partial charge in [-0.2, -0.15) is 0 Å². The van der Waals surface area contributed by atoms with Crippen LogP contribution >= 0.6 is 0 Å². The van der Waals surface area contributed by atoms with Crippen LogP contribution in [0.5, 0.6) is 0 Å². The Balaban J connectivity index is 1.79. The molecule has 2 amide bonds. The lowest BCUT2D eigenvalue weighted by molar-refractivity contribution is -0.142. The molecule has 7 heteroatoms. The number of urea groups is 1. The summed E-state index contributed by atoms with van der Waals surface area (Å²) in [5, 5.41) is 11.8. The fourth-order valence-corrected chi connectivity index (χ4v) is 2.65. The molecule has 0 bridgehead atoms. The average molecular weight is 286 g/mol. The van der Waals surface area contributed by atoms with E-state index in [0.29, 0.717) is 19.7 Å². The first-order valence-electron chi connectivity index (χ1n) is 7.09. The normalized spacial score (nSPS) is 27.6. The second-order valence-electron chi connectivity index (χ2n) is 5.18. The van der Waals surface area contributed by atoms with E-state index in [0.717, 1.165) is 12.8 Å². The van der Waals surface area contributed by atoms with Crippen molar-refractivity contribution in [2.45, 2.75) is 31.9 Å². The van der Waals surface area contributed by atoms with E-state index < -0.39 is 17.9 Å². The van der Waals surface area contributed by atoms with Crippen LogP contribution in [0.1, 0.15) is 19.8 Å². The smallest absolute Gasteiger partial charge is 0.317 e. The van der Waals surface area contributed by atoms with E-state index in [9.17, 15) is 9.59 Å². The van der Waals surface area contributed by atoms with Crippen LogP contribution in [-0.4, -0.2) is 67.1 Å². The molecule has 0 aromatic heterocycles. The van der Waals surface area contributed by atoms with Crippen LogP contribution in [0.15, 0.2) is 0 Å². The molecule has 20 heavy (non-hydrogen) atoms. The number of hydrogen-bond donors (Lipinski definition) is 2. The minimum absolute atomic E-state index is 0.159. The summed E-state index contributed by atoms with van der Waals surface area (Å²) in [5.74, 6) is -1.58. The van der Waals surface area contributed by atoms with Crippen molar-refractivity contribution in [2.24, 2.45) is 5.92 Å². The highest BCUT2D eigenvalue weighted by atomic mass is 16.5. The minimum Gasteiger partial charge on any atom is -0.481 e. The van der Waals surface area contributed by atoms with Crippen molar-refractivity contribution in [1.82, 2.24) is 10.2 Å². The van der Waals surface area contributed by atoms with Crippen molar-refractivity contribution in [3.05, 3.63) is 0 Å². The molecule has 2 saturated heterocycles. The average Bonchev–Trinajstić information content (AvgIpc) is 2.88. The van der Waals surface area contributed by atoms with Gasteiger partial charge < -0.3 is 24.8 Å². The van der Waals surface area contributed by atoms with Gasteiger partial charge >= 0.3 is 12.0 Å². The van der Waals surface area contributed by atoms with Gasteiger partial charge in [0.1, 0.15) is 5.92 Å². The van der Waals surface area contributed by atoms with Crippen LogP contribution in [-0.2, 0) is 14.3 Å². The van der Waals surface area contributed by atoms with Gasteiger partial charge in [-0.3, -0.25) is 4.79 Å². The monoisotopic (exact) mass is 286 g/mol. The van der Waals surface area contributed by atoms with Gasteiger partial charge in [-0.1, -0.05) is 0 Å². The molecule has 2 aliphatic rings. The van der Waals surface area contributed by atoms with Gasteiger partial charge in [0.25, 0.3) is 0 Å². The Bertz CT molecular complexity index is 355. The molecule has 0 aromatic carbocycles. The number of carbonyl (C=O) groups excluding carboxylic acids is 1. The number of nitrogens with one attached hydrogen (secondary N) is 1. The Kier molecular flexibility index (Phi) is 5.19. The Hall–Kier alpha value is -1.34. The Morgan fingerprint density at radius 3 is 2.65 bits per heavy atom.